The minimum atomic E-state index is -4.98. The predicted molar refractivity (Wildman–Crippen MR) is 141 cm³/mol. The first-order valence-electron chi connectivity index (χ1n) is 12.7. The maximum Gasteiger partial charge on any atom is 0.416 e. The molecule has 0 saturated carbocycles. The first-order chi connectivity index (χ1) is 18.4. The van der Waals surface area contributed by atoms with Crippen molar-refractivity contribution in [3.63, 3.8) is 0 Å². The maximum absolute atomic E-state index is 13.6. The van der Waals surface area contributed by atoms with Gasteiger partial charge in [0.25, 0.3) is 0 Å². The fourth-order valence-electron chi connectivity index (χ4n) is 4.47. The number of rotatable bonds is 6. The summed E-state index contributed by atoms with van der Waals surface area (Å²) in [5.41, 5.74) is -3.17. The van der Waals surface area contributed by atoms with Gasteiger partial charge < -0.3 is 9.64 Å². The average molecular weight is 637 g/mol. The van der Waals surface area contributed by atoms with E-state index in [0.717, 1.165) is 0 Å². The van der Waals surface area contributed by atoms with Crippen LogP contribution in [0.3, 0.4) is 0 Å². The van der Waals surface area contributed by atoms with Crippen molar-refractivity contribution >= 4 is 28.0 Å². The van der Waals surface area contributed by atoms with E-state index >= 15 is 0 Å². The molecule has 0 N–H and O–H groups in total. The highest BCUT2D eigenvalue weighted by Gasteiger charge is 2.39. The van der Waals surface area contributed by atoms with Gasteiger partial charge in [-0.1, -0.05) is 13.8 Å². The molecule has 0 saturated heterocycles. The number of halogens is 7. The Bertz CT molecular complexity index is 1190. The van der Waals surface area contributed by atoms with E-state index in [-0.39, 0.29) is 36.6 Å². The first kappa shape index (κ1) is 31.7. The van der Waals surface area contributed by atoms with Crippen LogP contribution in [0.5, 0.6) is 0 Å². The van der Waals surface area contributed by atoms with E-state index in [1.165, 1.54) is 17.3 Å². The number of aromatic nitrogens is 2. The third-order valence-corrected chi connectivity index (χ3v) is 6.67. The zero-order valence-electron chi connectivity index (χ0n) is 22.7. The Morgan fingerprint density at radius 3 is 2.00 bits per heavy atom. The molecule has 2 heterocycles. The normalized spacial score (nSPS) is 18.4. The van der Waals surface area contributed by atoms with Gasteiger partial charge >= 0.3 is 18.4 Å². The fourth-order valence-corrected chi connectivity index (χ4v) is 4.68. The Kier molecular flexibility index (Phi) is 9.47. The van der Waals surface area contributed by atoms with E-state index < -0.39 is 41.2 Å². The van der Waals surface area contributed by atoms with E-state index in [1.54, 1.807) is 31.7 Å². The number of carbonyl (C=O) groups excluding carboxylic acids is 1. The zero-order chi connectivity index (χ0) is 30.0. The molecule has 1 aromatic carbocycles. The van der Waals surface area contributed by atoms with Gasteiger partial charge in [0.2, 0.25) is 5.95 Å². The molecule has 0 spiro atoms. The predicted octanol–water partition coefficient (Wildman–Crippen LogP) is 8.37. The number of alkyl halides is 6. The number of carbonyl (C=O) groups is 1. The monoisotopic (exact) mass is 636 g/mol. The van der Waals surface area contributed by atoms with Gasteiger partial charge in [0.05, 0.1) is 28.2 Å². The van der Waals surface area contributed by atoms with Crippen LogP contribution in [-0.4, -0.2) is 38.6 Å². The standard InChI is InChI=1S/C27H31BrF6N4O2/c1-6-20-11-22(12-21(7-2)38(20)24(39)40-25(3,4)5)37(23-35-13-19(28)14-36-23)15-16-8-17(26(29,30)31)10-18(9-16)27(32,33)34/h8-11,13-14,20-21H,6-7,12,15H2,1-5H3/t20-,21+/m0/s1. The molecule has 1 amide bonds. The van der Waals surface area contributed by atoms with Crippen molar-refractivity contribution in [1.29, 1.82) is 0 Å². The number of hydrogen-bond acceptors (Lipinski definition) is 5. The van der Waals surface area contributed by atoms with E-state index in [1.807, 2.05) is 13.8 Å². The van der Waals surface area contributed by atoms with Crippen LogP contribution >= 0.6 is 15.9 Å². The van der Waals surface area contributed by atoms with Crippen molar-refractivity contribution in [2.75, 3.05) is 4.90 Å². The Morgan fingerprint density at radius 2 is 1.55 bits per heavy atom. The molecule has 1 aliphatic rings. The number of hydrogen-bond donors (Lipinski definition) is 0. The molecule has 0 fully saturated rings. The molecule has 0 aliphatic carbocycles. The second-order valence-electron chi connectivity index (χ2n) is 10.5. The zero-order valence-corrected chi connectivity index (χ0v) is 24.3. The molecule has 1 aliphatic heterocycles. The van der Waals surface area contributed by atoms with Gasteiger partial charge in [0.15, 0.2) is 0 Å². The smallest absolute Gasteiger partial charge is 0.416 e. The van der Waals surface area contributed by atoms with Crippen LogP contribution in [0.25, 0.3) is 0 Å². The lowest BCUT2D eigenvalue weighted by Gasteiger charge is -2.43. The highest BCUT2D eigenvalue weighted by atomic mass is 79.9. The first-order valence-corrected chi connectivity index (χ1v) is 13.5. The summed E-state index contributed by atoms with van der Waals surface area (Å²) in [6.07, 6.45) is -4.51. The third-order valence-electron chi connectivity index (χ3n) is 6.26. The lowest BCUT2D eigenvalue weighted by molar-refractivity contribution is -0.143. The minimum absolute atomic E-state index is 0.0934. The van der Waals surface area contributed by atoms with Crippen molar-refractivity contribution in [2.24, 2.45) is 0 Å². The lowest BCUT2D eigenvalue weighted by atomic mass is 9.95. The molecule has 13 heteroatoms. The van der Waals surface area contributed by atoms with Crippen molar-refractivity contribution in [1.82, 2.24) is 14.9 Å². The molecule has 0 bridgehead atoms. The number of nitrogens with zero attached hydrogens (tertiary/aromatic N) is 4. The summed E-state index contributed by atoms with van der Waals surface area (Å²) in [5, 5.41) is 0. The van der Waals surface area contributed by atoms with Crippen LogP contribution in [0.4, 0.5) is 37.1 Å². The third kappa shape index (κ3) is 7.88. The summed E-state index contributed by atoms with van der Waals surface area (Å²) in [7, 11) is 0. The van der Waals surface area contributed by atoms with Crippen LogP contribution < -0.4 is 4.90 Å². The molecule has 220 valence electrons. The van der Waals surface area contributed by atoms with Crippen LogP contribution in [-0.2, 0) is 23.6 Å². The van der Waals surface area contributed by atoms with Gasteiger partial charge in [-0.15, -0.1) is 0 Å². The largest absolute Gasteiger partial charge is 0.444 e. The lowest BCUT2D eigenvalue weighted by Crippen LogP contribution is -2.51. The van der Waals surface area contributed by atoms with Crippen molar-refractivity contribution < 1.29 is 35.9 Å². The number of benzene rings is 1. The van der Waals surface area contributed by atoms with E-state index in [2.05, 4.69) is 25.9 Å². The second kappa shape index (κ2) is 12.0. The summed E-state index contributed by atoms with van der Waals surface area (Å²) in [6.45, 7) is 8.68. The van der Waals surface area contributed by atoms with Gasteiger partial charge in [0.1, 0.15) is 5.60 Å². The SMILES string of the molecule is CC[C@@H]1CC(N(Cc2cc(C(F)(F)F)cc(C(F)(F)F)c2)c2ncc(Br)cn2)=C[C@H](CC)N1C(=O)OC(C)(C)C. The molecule has 0 radical (unpaired) electrons. The van der Waals surface area contributed by atoms with Gasteiger partial charge in [-0.2, -0.15) is 26.3 Å². The molecule has 2 atom stereocenters. The van der Waals surface area contributed by atoms with Crippen LogP contribution in [0, 0.1) is 0 Å². The molecular weight excluding hydrogens is 606 g/mol. The highest BCUT2D eigenvalue weighted by molar-refractivity contribution is 9.10. The van der Waals surface area contributed by atoms with Crippen molar-refractivity contribution in [3.05, 3.63) is 63.5 Å². The summed E-state index contributed by atoms with van der Waals surface area (Å²) >= 11 is 3.24. The molecule has 2 aromatic rings. The highest BCUT2D eigenvalue weighted by Crippen LogP contribution is 2.38. The molecule has 0 unspecified atom stereocenters. The van der Waals surface area contributed by atoms with Crippen LogP contribution in [0.1, 0.15) is 70.6 Å². The maximum atomic E-state index is 13.6. The fraction of sp³-hybridized carbons (Fsp3) is 0.519. The average Bonchev–Trinajstić information content (AvgIpc) is 2.84. The quantitative estimate of drug-likeness (QED) is 0.298. The number of ether oxygens (including phenoxy) is 1. The Labute approximate surface area is 237 Å². The van der Waals surface area contributed by atoms with E-state index in [4.69, 9.17) is 4.74 Å². The van der Waals surface area contributed by atoms with Crippen LogP contribution in [0.2, 0.25) is 0 Å². The second-order valence-corrected chi connectivity index (χ2v) is 11.4. The van der Waals surface area contributed by atoms with Crippen molar-refractivity contribution in [2.45, 2.75) is 90.5 Å². The molecule has 1 aromatic heterocycles. The van der Waals surface area contributed by atoms with Crippen molar-refractivity contribution in [3.8, 4) is 0 Å². The minimum Gasteiger partial charge on any atom is -0.444 e. The molecule has 3 rings (SSSR count). The van der Waals surface area contributed by atoms with E-state index in [0.29, 0.717) is 35.1 Å². The Morgan fingerprint density at radius 1 is 1.00 bits per heavy atom. The Balaban J connectivity index is 2.12. The summed E-state index contributed by atoms with van der Waals surface area (Å²) in [6, 6.07) is 0.722. The molecular formula is C27H31BrF6N4O2. The summed E-state index contributed by atoms with van der Waals surface area (Å²) in [5.74, 6) is 0.0934. The van der Waals surface area contributed by atoms with E-state index in [9.17, 15) is 31.1 Å². The topological polar surface area (TPSA) is 58.6 Å². The molecule has 40 heavy (non-hydrogen) atoms. The summed E-state index contributed by atoms with van der Waals surface area (Å²) < 4.78 is 87.5. The Hall–Kier alpha value is -2.83. The number of anilines is 1. The van der Waals surface area contributed by atoms with Gasteiger partial charge in [0, 0.05) is 30.6 Å². The van der Waals surface area contributed by atoms with Gasteiger partial charge in [-0.25, -0.2) is 14.8 Å². The van der Waals surface area contributed by atoms with Gasteiger partial charge in [-0.3, -0.25) is 4.90 Å². The summed E-state index contributed by atoms with van der Waals surface area (Å²) in [4.78, 5) is 24.8. The molecule has 6 nitrogen and oxygen atoms in total. The van der Waals surface area contributed by atoms with Gasteiger partial charge in [-0.05, 0) is 79.4 Å². The number of amides is 1. The van der Waals surface area contributed by atoms with Crippen LogP contribution in [0.15, 0.2) is 46.8 Å².